The summed E-state index contributed by atoms with van der Waals surface area (Å²) in [6, 6.07) is 15.0. The summed E-state index contributed by atoms with van der Waals surface area (Å²) in [5, 5.41) is 3.53. The van der Waals surface area contributed by atoms with E-state index in [-0.39, 0.29) is 0 Å². The van der Waals surface area contributed by atoms with Crippen LogP contribution >= 0.6 is 15.9 Å². The van der Waals surface area contributed by atoms with E-state index in [1.807, 2.05) is 0 Å². The Morgan fingerprint density at radius 1 is 1.05 bits per heavy atom. The van der Waals surface area contributed by atoms with Gasteiger partial charge >= 0.3 is 0 Å². The second kappa shape index (κ2) is 6.76. The van der Waals surface area contributed by atoms with Crippen LogP contribution in [0.5, 0.6) is 0 Å². The van der Waals surface area contributed by atoms with Crippen molar-refractivity contribution in [2.75, 3.05) is 11.9 Å². The quantitative estimate of drug-likeness (QED) is 0.755. The Morgan fingerprint density at radius 2 is 1.79 bits per heavy atom. The molecule has 0 aliphatic carbocycles. The fraction of sp³-hybridized carbons (Fsp3) is 0.294. The molecule has 0 fully saturated rings. The largest absolute Gasteiger partial charge is 0.384 e. The SMILES string of the molecule is Cc1cc(C)c(NCCCc2ccccc2)c(Br)c1. The lowest BCUT2D eigenvalue weighted by Gasteiger charge is -2.12. The van der Waals surface area contributed by atoms with Crippen molar-refractivity contribution in [2.24, 2.45) is 0 Å². The highest BCUT2D eigenvalue weighted by atomic mass is 79.9. The van der Waals surface area contributed by atoms with Gasteiger partial charge in [-0.2, -0.15) is 0 Å². The number of aryl methyl sites for hydroxylation is 3. The molecule has 2 heteroatoms. The Hall–Kier alpha value is -1.28. The maximum Gasteiger partial charge on any atom is 0.0514 e. The highest BCUT2D eigenvalue weighted by Gasteiger charge is 2.04. The average Bonchev–Trinajstić information content (AvgIpc) is 2.38. The minimum absolute atomic E-state index is 0.997. The summed E-state index contributed by atoms with van der Waals surface area (Å²) < 4.78 is 1.16. The first-order valence-corrected chi connectivity index (χ1v) is 7.50. The minimum atomic E-state index is 0.997. The fourth-order valence-electron chi connectivity index (χ4n) is 2.29. The molecular formula is C17H20BrN. The van der Waals surface area contributed by atoms with Gasteiger partial charge in [-0.1, -0.05) is 36.4 Å². The molecule has 0 radical (unpaired) electrons. The van der Waals surface area contributed by atoms with Crippen LogP contribution in [0.4, 0.5) is 5.69 Å². The molecule has 2 aromatic carbocycles. The monoisotopic (exact) mass is 317 g/mol. The molecule has 0 aromatic heterocycles. The van der Waals surface area contributed by atoms with Crippen LogP contribution in [-0.4, -0.2) is 6.54 Å². The molecule has 19 heavy (non-hydrogen) atoms. The number of nitrogens with one attached hydrogen (secondary N) is 1. The number of hydrogen-bond acceptors (Lipinski definition) is 1. The van der Waals surface area contributed by atoms with Gasteiger partial charge in [-0.05, 0) is 65.4 Å². The van der Waals surface area contributed by atoms with Crippen LogP contribution in [0.1, 0.15) is 23.1 Å². The first kappa shape index (κ1) is 14.1. The van der Waals surface area contributed by atoms with Crippen LogP contribution in [0.15, 0.2) is 46.9 Å². The van der Waals surface area contributed by atoms with Gasteiger partial charge in [0.25, 0.3) is 0 Å². The lowest BCUT2D eigenvalue weighted by atomic mass is 10.1. The highest BCUT2D eigenvalue weighted by molar-refractivity contribution is 9.10. The van der Waals surface area contributed by atoms with E-state index in [2.05, 4.69) is 77.6 Å². The Kier molecular flexibility index (Phi) is 5.03. The van der Waals surface area contributed by atoms with Gasteiger partial charge in [-0.15, -0.1) is 0 Å². The summed E-state index contributed by atoms with van der Waals surface area (Å²) in [7, 11) is 0. The van der Waals surface area contributed by atoms with Crippen molar-refractivity contribution >= 4 is 21.6 Å². The first-order chi connectivity index (χ1) is 9.16. The zero-order chi connectivity index (χ0) is 13.7. The number of rotatable bonds is 5. The maximum atomic E-state index is 3.63. The molecular weight excluding hydrogens is 298 g/mol. The van der Waals surface area contributed by atoms with Crippen molar-refractivity contribution in [1.82, 2.24) is 0 Å². The third-order valence-corrected chi connectivity index (χ3v) is 3.84. The van der Waals surface area contributed by atoms with E-state index in [0.29, 0.717) is 0 Å². The molecule has 0 aliphatic heterocycles. The van der Waals surface area contributed by atoms with Crippen molar-refractivity contribution in [3.63, 3.8) is 0 Å². The van der Waals surface area contributed by atoms with Gasteiger partial charge in [0.2, 0.25) is 0 Å². The summed E-state index contributed by atoms with van der Waals surface area (Å²) in [4.78, 5) is 0. The second-order valence-electron chi connectivity index (χ2n) is 4.95. The fourth-order valence-corrected chi connectivity index (χ4v) is 3.10. The van der Waals surface area contributed by atoms with Crippen molar-refractivity contribution in [1.29, 1.82) is 0 Å². The molecule has 0 aliphatic rings. The molecule has 0 unspecified atom stereocenters. The summed E-state index contributed by atoms with van der Waals surface area (Å²) >= 11 is 3.63. The van der Waals surface area contributed by atoms with Gasteiger partial charge in [0, 0.05) is 11.0 Å². The highest BCUT2D eigenvalue weighted by Crippen LogP contribution is 2.27. The van der Waals surface area contributed by atoms with Crippen molar-refractivity contribution in [3.8, 4) is 0 Å². The summed E-state index contributed by atoms with van der Waals surface area (Å²) in [6.07, 6.45) is 2.26. The molecule has 0 spiro atoms. The predicted octanol–water partition coefficient (Wildman–Crippen LogP) is 5.11. The number of halogens is 1. The Morgan fingerprint density at radius 3 is 2.47 bits per heavy atom. The Bertz CT molecular complexity index is 511. The van der Waals surface area contributed by atoms with Gasteiger partial charge in [0.1, 0.15) is 0 Å². The Balaban J connectivity index is 1.86. The van der Waals surface area contributed by atoms with Gasteiger partial charge in [-0.25, -0.2) is 0 Å². The molecule has 0 bridgehead atoms. The van der Waals surface area contributed by atoms with Gasteiger partial charge in [-0.3, -0.25) is 0 Å². The summed E-state index contributed by atoms with van der Waals surface area (Å²) in [6.45, 7) is 5.27. The molecule has 2 rings (SSSR count). The number of benzene rings is 2. The third-order valence-electron chi connectivity index (χ3n) is 3.22. The van der Waals surface area contributed by atoms with Crippen LogP contribution in [0.3, 0.4) is 0 Å². The summed E-state index contributed by atoms with van der Waals surface area (Å²) in [5.41, 5.74) is 5.22. The molecule has 0 heterocycles. The minimum Gasteiger partial charge on any atom is -0.384 e. The smallest absolute Gasteiger partial charge is 0.0514 e. The molecule has 0 saturated heterocycles. The maximum absolute atomic E-state index is 3.63. The van der Waals surface area contributed by atoms with Crippen LogP contribution in [-0.2, 0) is 6.42 Å². The lowest BCUT2D eigenvalue weighted by Crippen LogP contribution is -2.05. The van der Waals surface area contributed by atoms with Crippen LogP contribution in [0.2, 0.25) is 0 Å². The van der Waals surface area contributed by atoms with E-state index < -0.39 is 0 Å². The third kappa shape index (κ3) is 4.10. The zero-order valence-electron chi connectivity index (χ0n) is 11.5. The van der Waals surface area contributed by atoms with E-state index in [1.165, 1.54) is 22.4 Å². The zero-order valence-corrected chi connectivity index (χ0v) is 13.1. The van der Waals surface area contributed by atoms with Gasteiger partial charge in [0.05, 0.1) is 5.69 Å². The van der Waals surface area contributed by atoms with Crippen molar-refractivity contribution in [2.45, 2.75) is 26.7 Å². The van der Waals surface area contributed by atoms with E-state index in [1.54, 1.807) is 0 Å². The second-order valence-corrected chi connectivity index (χ2v) is 5.81. The molecule has 1 N–H and O–H groups in total. The van der Waals surface area contributed by atoms with E-state index in [9.17, 15) is 0 Å². The molecule has 0 amide bonds. The molecule has 0 saturated carbocycles. The van der Waals surface area contributed by atoms with E-state index in [4.69, 9.17) is 0 Å². The molecule has 100 valence electrons. The first-order valence-electron chi connectivity index (χ1n) is 6.71. The van der Waals surface area contributed by atoms with Gasteiger partial charge in [0.15, 0.2) is 0 Å². The van der Waals surface area contributed by atoms with Crippen molar-refractivity contribution in [3.05, 3.63) is 63.6 Å². The number of hydrogen-bond donors (Lipinski definition) is 1. The molecule has 2 aromatic rings. The number of anilines is 1. The van der Waals surface area contributed by atoms with Gasteiger partial charge < -0.3 is 5.32 Å². The topological polar surface area (TPSA) is 12.0 Å². The van der Waals surface area contributed by atoms with Crippen molar-refractivity contribution < 1.29 is 0 Å². The standard InChI is InChI=1S/C17H20BrN/c1-13-11-14(2)17(16(18)12-13)19-10-6-9-15-7-4-3-5-8-15/h3-5,7-8,11-12,19H,6,9-10H2,1-2H3. The van der Waals surface area contributed by atoms with Crippen LogP contribution < -0.4 is 5.32 Å². The Labute approximate surface area is 124 Å². The predicted molar refractivity (Wildman–Crippen MR) is 86.9 cm³/mol. The lowest BCUT2D eigenvalue weighted by molar-refractivity contribution is 0.861. The summed E-state index contributed by atoms with van der Waals surface area (Å²) in [5.74, 6) is 0. The average molecular weight is 318 g/mol. The van der Waals surface area contributed by atoms with E-state index >= 15 is 0 Å². The van der Waals surface area contributed by atoms with E-state index in [0.717, 1.165) is 23.9 Å². The normalized spacial score (nSPS) is 10.5. The molecule has 0 atom stereocenters. The van der Waals surface area contributed by atoms with Crippen LogP contribution in [0, 0.1) is 13.8 Å². The molecule has 1 nitrogen and oxygen atoms in total. The van der Waals surface area contributed by atoms with Crippen LogP contribution in [0.25, 0.3) is 0 Å².